The molecule has 2 amide bonds. The molecule has 0 unspecified atom stereocenters. The van der Waals surface area contributed by atoms with E-state index in [9.17, 15) is 14.4 Å². The molecule has 6 nitrogen and oxygen atoms in total. The molecule has 2 N–H and O–H groups in total. The lowest BCUT2D eigenvalue weighted by Crippen LogP contribution is -2.44. The van der Waals surface area contributed by atoms with Crippen LogP contribution in [0.3, 0.4) is 0 Å². The van der Waals surface area contributed by atoms with Gasteiger partial charge in [0.1, 0.15) is 0 Å². The lowest BCUT2D eigenvalue weighted by molar-refractivity contribution is 0.0890. The van der Waals surface area contributed by atoms with Gasteiger partial charge in [-0.15, -0.1) is 11.3 Å². The van der Waals surface area contributed by atoms with E-state index in [-0.39, 0.29) is 43.0 Å². The van der Waals surface area contributed by atoms with Gasteiger partial charge in [0.15, 0.2) is 0 Å². The molecule has 2 heterocycles. The first-order chi connectivity index (χ1) is 16.5. The molecule has 0 saturated carbocycles. The second kappa shape index (κ2) is 10.5. The Morgan fingerprint density at radius 3 is 2.34 bits per heavy atom. The van der Waals surface area contributed by atoms with Crippen LogP contribution in [0.25, 0.3) is 5.69 Å². The lowest BCUT2D eigenvalue weighted by Gasteiger charge is -2.23. The van der Waals surface area contributed by atoms with Gasteiger partial charge in [0.05, 0.1) is 21.3 Å². The molecule has 0 saturated heterocycles. The smallest absolute Gasteiger partial charge is 0.261 e. The normalized spacial score (nSPS) is 16.1. The Bertz CT molecular complexity index is 1430. The molecule has 0 bridgehead atoms. The van der Waals surface area contributed by atoms with E-state index in [4.69, 9.17) is 11.6 Å². The van der Waals surface area contributed by atoms with Crippen molar-refractivity contribution >= 4 is 48.2 Å². The van der Waals surface area contributed by atoms with Crippen LogP contribution in [0.15, 0.2) is 89.9 Å². The number of benzene rings is 2. The number of hydrogen-bond donors (Lipinski definition) is 2. The number of carbonyl (C=O) groups excluding carboxylic acids is 2. The van der Waals surface area contributed by atoms with Gasteiger partial charge in [-0.2, -0.15) is 13.5 Å². The standard InChI is InChI=1S/C26H20ClN3O3S.H2S/c27-22-13-12-21(34-22)26(33)29-24-19-6-2-1-5-17(19)15-20(24)28-25(32)16-8-10-18(11-9-16)30-14-4-3-7-23(30)31;/h1-14,20,24H,15H2,(H,28,32)(H,29,33);1H2/t20-,24+;/m1./s1. The number of nitrogens with zero attached hydrogens (tertiary/aromatic N) is 1. The minimum Gasteiger partial charge on any atom is -0.347 e. The van der Waals surface area contributed by atoms with Gasteiger partial charge in [-0.25, -0.2) is 0 Å². The predicted octanol–water partition coefficient (Wildman–Crippen LogP) is 4.49. The summed E-state index contributed by atoms with van der Waals surface area (Å²) in [6.45, 7) is 0. The van der Waals surface area contributed by atoms with Gasteiger partial charge in [-0.3, -0.25) is 19.0 Å². The van der Waals surface area contributed by atoms with Crippen LogP contribution in [0.5, 0.6) is 0 Å². The fourth-order valence-electron chi connectivity index (χ4n) is 4.22. The van der Waals surface area contributed by atoms with Crippen molar-refractivity contribution in [3.05, 3.63) is 121 Å². The van der Waals surface area contributed by atoms with Crippen LogP contribution in [0, 0.1) is 0 Å². The quantitative estimate of drug-likeness (QED) is 0.404. The van der Waals surface area contributed by atoms with E-state index < -0.39 is 0 Å². The van der Waals surface area contributed by atoms with Crippen molar-refractivity contribution in [2.45, 2.75) is 18.5 Å². The second-order valence-electron chi connectivity index (χ2n) is 7.99. The zero-order chi connectivity index (χ0) is 23.7. The molecule has 2 aromatic carbocycles. The van der Waals surface area contributed by atoms with Crippen molar-refractivity contribution < 1.29 is 9.59 Å². The maximum Gasteiger partial charge on any atom is 0.261 e. The number of fused-ring (bicyclic) bond motifs is 1. The number of amides is 2. The molecule has 0 aliphatic heterocycles. The highest BCUT2D eigenvalue weighted by Crippen LogP contribution is 2.32. The molecular formula is C26H22ClN3O3S2. The van der Waals surface area contributed by atoms with E-state index in [0.717, 1.165) is 11.1 Å². The Labute approximate surface area is 218 Å². The van der Waals surface area contributed by atoms with Gasteiger partial charge in [-0.05, 0) is 60.0 Å². The second-order valence-corrected chi connectivity index (χ2v) is 9.71. The van der Waals surface area contributed by atoms with Crippen molar-refractivity contribution in [3.63, 3.8) is 0 Å². The predicted molar refractivity (Wildman–Crippen MR) is 143 cm³/mol. The lowest BCUT2D eigenvalue weighted by atomic mass is 10.1. The van der Waals surface area contributed by atoms with Crippen molar-refractivity contribution in [2.75, 3.05) is 0 Å². The molecule has 1 aliphatic carbocycles. The van der Waals surface area contributed by atoms with Gasteiger partial charge in [0.2, 0.25) is 0 Å². The zero-order valence-electron chi connectivity index (χ0n) is 18.4. The van der Waals surface area contributed by atoms with E-state index in [1.165, 1.54) is 22.0 Å². The molecule has 2 aromatic heterocycles. The molecule has 2 atom stereocenters. The van der Waals surface area contributed by atoms with E-state index in [1.54, 1.807) is 54.7 Å². The Balaban J connectivity index is 0.00000289. The number of nitrogens with one attached hydrogen (secondary N) is 2. The maximum atomic E-state index is 13.1. The van der Waals surface area contributed by atoms with Crippen LogP contribution in [0.4, 0.5) is 0 Å². The first-order valence-electron chi connectivity index (χ1n) is 10.7. The van der Waals surface area contributed by atoms with Gasteiger partial charge in [-0.1, -0.05) is 41.9 Å². The van der Waals surface area contributed by atoms with Gasteiger partial charge in [0, 0.05) is 23.5 Å². The average molecular weight is 524 g/mol. The molecule has 5 rings (SSSR count). The number of hydrogen-bond acceptors (Lipinski definition) is 4. The summed E-state index contributed by atoms with van der Waals surface area (Å²) in [5.41, 5.74) is 3.08. The zero-order valence-corrected chi connectivity index (χ0v) is 21.0. The molecule has 0 spiro atoms. The summed E-state index contributed by atoms with van der Waals surface area (Å²) in [5, 5.41) is 6.15. The highest BCUT2D eigenvalue weighted by molar-refractivity contribution is 7.59. The van der Waals surface area contributed by atoms with E-state index in [2.05, 4.69) is 10.6 Å². The van der Waals surface area contributed by atoms with Crippen LogP contribution in [-0.4, -0.2) is 22.4 Å². The summed E-state index contributed by atoms with van der Waals surface area (Å²) in [6.07, 6.45) is 2.29. The fraction of sp³-hybridized carbons (Fsp3) is 0.115. The van der Waals surface area contributed by atoms with Crippen molar-refractivity contribution in [2.24, 2.45) is 0 Å². The van der Waals surface area contributed by atoms with Gasteiger partial charge in [0.25, 0.3) is 17.4 Å². The Kier molecular flexibility index (Phi) is 7.45. The summed E-state index contributed by atoms with van der Waals surface area (Å²) in [4.78, 5) is 38.5. The van der Waals surface area contributed by atoms with Crippen molar-refractivity contribution in [3.8, 4) is 5.69 Å². The SMILES string of the molecule is O=C(N[C@@H]1Cc2ccccc2[C@@H]1NC(=O)c1ccc(Cl)s1)c1ccc(-n2ccccc2=O)cc1.S. The molecule has 9 heteroatoms. The van der Waals surface area contributed by atoms with Crippen molar-refractivity contribution in [1.29, 1.82) is 0 Å². The van der Waals surface area contributed by atoms with Gasteiger partial charge >= 0.3 is 0 Å². The van der Waals surface area contributed by atoms with E-state index in [1.807, 2.05) is 24.3 Å². The number of pyridine rings is 1. The highest BCUT2D eigenvalue weighted by atomic mass is 35.5. The van der Waals surface area contributed by atoms with Crippen LogP contribution in [0.1, 0.15) is 37.2 Å². The summed E-state index contributed by atoms with van der Waals surface area (Å²) in [6, 6.07) is 22.4. The number of aromatic nitrogens is 1. The Morgan fingerprint density at radius 2 is 1.63 bits per heavy atom. The van der Waals surface area contributed by atoms with Crippen LogP contribution in [0.2, 0.25) is 4.34 Å². The minimum absolute atomic E-state index is 0. The number of rotatable bonds is 5. The monoisotopic (exact) mass is 523 g/mol. The van der Waals surface area contributed by atoms with Crippen LogP contribution >= 0.6 is 36.4 Å². The molecule has 0 fully saturated rings. The van der Waals surface area contributed by atoms with E-state index in [0.29, 0.717) is 26.9 Å². The van der Waals surface area contributed by atoms with Crippen LogP contribution < -0.4 is 16.2 Å². The third-order valence-corrected chi connectivity index (χ3v) is 7.09. The summed E-state index contributed by atoms with van der Waals surface area (Å²) < 4.78 is 2.06. The molecular weight excluding hydrogens is 502 g/mol. The van der Waals surface area contributed by atoms with Gasteiger partial charge < -0.3 is 10.6 Å². The number of halogens is 1. The molecule has 0 radical (unpaired) electrons. The van der Waals surface area contributed by atoms with Crippen molar-refractivity contribution in [1.82, 2.24) is 15.2 Å². The van der Waals surface area contributed by atoms with E-state index >= 15 is 0 Å². The summed E-state index contributed by atoms with van der Waals surface area (Å²) >= 11 is 7.20. The molecule has 178 valence electrons. The molecule has 4 aromatic rings. The third-order valence-electron chi connectivity index (χ3n) is 5.86. The first-order valence-corrected chi connectivity index (χ1v) is 11.9. The Morgan fingerprint density at radius 1 is 0.886 bits per heavy atom. The number of carbonyl (C=O) groups is 2. The largest absolute Gasteiger partial charge is 0.347 e. The number of thiophene rings is 1. The average Bonchev–Trinajstić information content (AvgIpc) is 3.43. The first kappa shape index (κ1) is 24.8. The maximum absolute atomic E-state index is 13.1. The summed E-state index contributed by atoms with van der Waals surface area (Å²) in [5.74, 6) is -0.473. The highest BCUT2D eigenvalue weighted by Gasteiger charge is 2.35. The molecule has 1 aliphatic rings. The minimum atomic E-state index is -0.365. The summed E-state index contributed by atoms with van der Waals surface area (Å²) in [7, 11) is 0. The fourth-order valence-corrected chi connectivity index (χ4v) is 5.17. The molecule has 35 heavy (non-hydrogen) atoms. The Hall–Kier alpha value is -3.33. The third kappa shape index (κ3) is 5.19. The topological polar surface area (TPSA) is 80.2 Å². The van der Waals surface area contributed by atoms with Crippen LogP contribution in [-0.2, 0) is 6.42 Å².